The first-order chi connectivity index (χ1) is 9.79. The van der Waals surface area contributed by atoms with Crippen LogP contribution < -0.4 is 0 Å². The van der Waals surface area contributed by atoms with Crippen LogP contribution in [0.25, 0.3) is 0 Å². The van der Waals surface area contributed by atoms with E-state index in [1.165, 1.54) is 11.1 Å². The Hall–Kier alpha value is -1.67. The van der Waals surface area contributed by atoms with E-state index in [1.54, 1.807) is 0 Å². The number of pyridine rings is 1. The van der Waals surface area contributed by atoms with Crippen molar-refractivity contribution in [2.45, 2.75) is 43.6 Å². The second kappa shape index (κ2) is 4.42. The highest BCUT2D eigenvalue weighted by Gasteiger charge is 2.45. The van der Waals surface area contributed by atoms with Crippen molar-refractivity contribution >= 4 is 0 Å². The van der Waals surface area contributed by atoms with Crippen molar-refractivity contribution in [2.24, 2.45) is 0 Å². The van der Waals surface area contributed by atoms with Crippen molar-refractivity contribution in [3.63, 3.8) is 0 Å². The summed E-state index contributed by atoms with van der Waals surface area (Å²) in [5, 5.41) is 11.4. The van der Waals surface area contributed by atoms with Gasteiger partial charge in [0, 0.05) is 17.8 Å². The molecule has 0 radical (unpaired) electrons. The maximum Gasteiger partial charge on any atom is 0.0982 e. The number of nitrogens with zero attached hydrogens (tertiary/aromatic N) is 1. The van der Waals surface area contributed by atoms with E-state index in [-0.39, 0.29) is 5.92 Å². The van der Waals surface area contributed by atoms with Crippen molar-refractivity contribution < 1.29 is 5.11 Å². The first kappa shape index (κ1) is 12.1. The average molecular weight is 265 g/mol. The number of aliphatic hydroxyl groups is 1. The Morgan fingerprint density at radius 2 is 1.90 bits per heavy atom. The highest BCUT2D eigenvalue weighted by Crippen LogP contribution is 2.49. The van der Waals surface area contributed by atoms with Gasteiger partial charge in [0.15, 0.2) is 0 Å². The Morgan fingerprint density at radius 3 is 2.85 bits per heavy atom. The molecule has 0 saturated carbocycles. The molecule has 0 aliphatic heterocycles. The standard InChI is InChI=1S/C18H19NO/c20-18(11-3-6-13-5-1-2-8-15(13)18)16-10-9-14-7-4-12-19-17(14)16/h1-2,4-5,7-8,12,16,20H,3,6,9-11H2. The minimum Gasteiger partial charge on any atom is -0.384 e. The molecule has 1 aromatic carbocycles. The van der Waals surface area contributed by atoms with E-state index >= 15 is 0 Å². The normalized spacial score (nSPS) is 27.9. The Labute approximate surface area is 119 Å². The number of aromatic nitrogens is 1. The van der Waals surface area contributed by atoms with E-state index in [9.17, 15) is 5.11 Å². The van der Waals surface area contributed by atoms with Gasteiger partial charge in [0.1, 0.15) is 0 Å². The molecule has 102 valence electrons. The van der Waals surface area contributed by atoms with Crippen LogP contribution in [0.4, 0.5) is 0 Å². The summed E-state index contributed by atoms with van der Waals surface area (Å²) in [7, 11) is 0. The Bertz CT molecular complexity index is 651. The third-order valence-corrected chi connectivity index (χ3v) is 5.02. The molecule has 0 spiro atoms. The van der Waals surface area contributed by atoms with Crippen LogP contribution >= 0.6 is 0 Å². The van der Waals surface area contributed by atoms with E-state index in [0.29, 0.717) is 0 Å². The number of rotatable bonds is 1. The maximum atomic E-state index is 11.4. The lowest BCUT2D eigenvalue weighted by Crippen LogP contribution is -2.36. The zero-order valence-electron chi connectivity index (χ0n) is 11.5. The zero-order chi connectivity index (χ0) is 13.6. The van der Waals surface area contributed by atoms with E-state index in [2.05, 4.69) is 29.2 Å². The van der Waals surface area contributed by atoms with Crippen LogP contribution in [0.1, 0.15) is 47.6 Å². The zero-order valence-corrected chi connectivity index (χ0v) is 11.5. The monoisotopic (exact) mass is 265 g/mol. The summed E-state index contributed by atoms with van der Waals surface area (Å²) in [5.74, 6) is 0.153. The van der Waals surface area contributed by atoms with Gasteiger partial charge in [0.2, 0.25) is 0 Å². The van der Waals surface area contributed by atoms with E-state index in [4.69, 9.17) is 0 Å². The molecule has 0 saturated heterocycles. The molecule has 1 N–H and O–H groups in total. The van der Waals surface area contributed by atoms with E-state index < -0.39 is 5.60 Å². The van der Waals surface area contributed by atoms with E-state index in [1.807, 2.05) is 18.3 Å². The average Bonchev–Trinajstić information content (AvgIpc) is 2.92. The van der Waals surface area contributed by atoms with Gasteiger partial charge in [-0.1, -0.05) is 30.3 Å². The minimum atomic E-state index is -0.728. The summed E-state index contributed by atoms with van der Waals surface area (Å²) < 4.78 is 0. The van der Waals surface area contributed by atoms with Gasteiger partial charge in [-0.15, -0.1) is 0 Å². The third kappa shape index (κ3) is 1.64. The number of hydrogen-bond donors (Lipinski definition) is 1. The molecule has 2 atom stereocenters. The van der Waals surface area contributed by atoms with Crippen molar-refractivity contribution in [3.05, 3.63) is 65.0 Å². The van der Waals surface area contributed by atoms with E-state index in [0.717, 1.165) is 43.4 Å². The Kier molecular flexibility index (Phi) is 2.67. The maximum absolute atomic E-state index is 11.4. The molecular weight excluding hydrogens is 246 g/mol. The van der Waals surface area contributed by atoms with Gasteiger partial charge >= 0.3 is 0 Å². The molecule has 2 unspecified atom stereocenters. The summed E-state index contributed by atoms with van der Waals surface area (Å²) in [5.41, 5.74) is 4.15. The molecule has 20 heavy (non-hydrogen) atoms. The van der Waals surface area contributed by atoms with Crippen LogP contribution in [0.5, 0.6) is 0 Å². The molecule has 0 amide bonds. The van der Waals surface area contributed by atoms with Gasteiger partial charge in [0.25, 0.3) is 0 Å². The summed E-state index contributed by atoms with van der Waals surface area (Å²) in [6.45, 7) is 0. The first-order valence-corrected chi connectivity index (χ1v) is 7.53. The summed E-state index contributed by atoms with van der Waals surface area (Å²) >= 11 is 0. The lowest BCUT2D eigenvalue weighted by Gasteiger charge is -2.39. The predicted molar refractivity (Wildman–Crippen MR) is 78.6 cm³/mol. The molecular formula is C18H19NO. The minimum absolute atomic E-state index is 0.153. The molecule has 0 bridgehead atoms. The second-order valence-electron chi connectivity index (χ2n) is 6.07. The number of fused-ring (bicyclic) bond motifs is 2. The number of hydrogen-bond acceptors (Lipinski definition) is 2. The highest BCUT2D eigenvalue weighted by molar-refractivity contribution is 5.41. The summed E-state index contributed by atoms with van der Waals surface area (Å²) in [6.07, 6.45) is 6.90. The van der Waals surface area contributed by atoms with Crippen LogP contribution in [0.15, 0.2) is 42.6 Å². The molecule has 2 nitrogen and oxygen atoms in total. The largest absolute Gasteiger partial charge is 0.384 e. The molecule has 0 fully saturated rings. The van der Waals surface area contributed by atoms with Crippen molar-refractivity contribution in [2.75, 3.05) is 0 Å². The quantitative estimate of drug-likeness (QED) is 0.858. The van der Waals surface area contributed by atoms with Crippen LogP contribution in [-0.4, -0.2) is 10.1 Å². The fraction of sp³-hybridized carbons (Fsp3) is 0.389. The van der Waals surface area contributed by atoms with Crippen LogP contribution in [0.3, 0.4) is 0 Å². The van der Waals surface area contributed by atoms with Gasteiger partial charge < -0.3 is 5.11 Å². The topological polar surface area (TPSA) is 33.1 Å². The first-order valence-electron chi connectivity index (χ1n) is 7.53. The molecule has 1 heterocycles. The van der Waals surface area contributed by atoms with Crippen LogP contribution in [-0.2, 0) is 18.4 Å². The smallest absolute Gasteiger partial charge is 0.0982 e. The Balaban J connectivity index is 1.84. The highest BCUT2D eigenvalue weighted by atomic mass is 16.3. The van der Waals surface area contributed by atoms with Crippen molar-refractivity contribution in [3.8, 4) is 0 Å². The second-order valence-corrected chi connectivity index (χ2v) is 6.07. The molecule has 4 rings (SSSR count). The predicted octanol–water partition coefficient (Wildman–Crippen LogP) is 3.34. The number of aryl methyl sites for hydroxylation is 2. The van der Waals surface area contributed by atoms with Crippen molar-refractivity contribution in [1.29, 1.82) is 0 Å². The summed E-state index contributed by atoms with van der Waals surface area (Å²) in [4.78, 5) is 4.57. The molecule has 2 aliphatic rings. The fourth-order valence-corrected chi connectivity index (χ4v) is 4.08. The van der Waals surface area contributed by atoms with Gasteiger partial charge in [0.05, 0.1) is 5.60 Å². The van der Waals surface area contributed by atoms with Gasteiger partial charge in [-0.3, -0.25) is 4.98 Å². The lowest BCUT2D eigenvalue weighted by molar-refractivity contribution is -0.0103. The molecule has 2 heteroatoms. The number of benzene rings is 1. The van der Waals surface area contributed by atoms with Gasteiger partial charge in [-0.2, -0.15) is 0 Å². The van der Waals surface area contributed by atoms with Crippen LogP contribution in [0.2, 0.25) is 0 Å². The van der Waals surface area contributed by atoms with Crippen molar-refractivity contribution in [1.82, 2.24) is 4.98 Å². The van der Waals surface area contributed by atoms with Crippen LogP contribution in [0, 0.1) is 0 Å². The lowest BCUT2D eigenvalue weighted by atomic mass is 9.71. The van der Waals surface area contributed by atoms with Gasteiger partial charge in [-0.05, 0) is 54.9 Å². The van der Waals surface area contributed by atoms with Gasteiger partial charge in [-0.25, -0.2) is 0 Å². The SMILES string of the molecule is OC1(C2CCc3cccnc32)CCCc2ccccc21. The summed E-state index contributed by atoms with van der Waals surface area (Å²) in [6, 6.07) is 12.5. The molecule has 1 aromatic heterocycles. The molecule has 2 aliphatic carbocycles. The fourth-order valence-electron chi connectivity index (χ4n) is 4.08. The Morgan fingerprint density at radius 1 is 1.05 bits per heavy atom. The molecule has 2 aromatic rings. The third-order valence-electron chi connectivity index (χ3n) is 5.02.